The van der Waals surface area contributed by atoms with E-state index < -0.39 is 0 Å². The van der Waals surface area contributed by atoms with E-state index in [4.69, 9.17) is 5.73 Å². The van der Waals surface area contributed by atoms with Crippen molar-refractivity contribution in [2.24, 2.45) is 5.73 Å². The summed E-state index contributed by atoms with van der Waals surface area (Å²) in [5.74, 6) is 0. The number of aromatic nitrogens is 4. The SMILES string of the molecule is CSc1ncc2c(n1)-c1c(cnn1CCCN)CC2. The van der Waals surface area contributed by atoms with Crippen LogP contribution in [0.2, 0.25) is 0 Å². The summed E-state index contributed by atoms with van der Waals surface area (Å²) in [6.07, 6.45) is 8.88. The van der Waals surface area contributed by atoms with Crippen LogP contribution in [-0.4, -0.2) is 32.5 Å². The van der Waals surface area contributed by atoms with Crippen LogP contribution in [0.4, 0.5) is 0 Å². The fraction of sp³-hybridized carbons (Fsp3) is 0.462. The molecular weight excluding hydrogens is 258 g/mol. The minimum absolute atomic E-state index is 0.682. The highest BCUT2D eigenvalue weighted by Gasteiger charge is 2.22. The topological polar surface area (TPSA) is 69.6 Å². The number of fused-ring (bicyclic) bond motifs is 3. The molecule has 0 aromatic carbocycles. The molecule has 0 saturated heterocycles. The molecule has 19 heavy (non-hydrogen) atoms. The molecule has 2 aromatic heterocycles. The van der Waals surface area contributed by atoms with Gasteiger partial charge in [-0.2, -0.15) is 5.10 Å². The molecule has 0 atom stereocenters. The molecule has 100 valence electrons. The summed E-state index contributed by atoms with van der Waals surface area (Å²) in [5.41, 5.74) is 10.3. The minimum Gasteiger partial charge on any atom is -0.330 e. The molecule has 0 saturated carbocycles. The van der Waals surface area contributed by atoms with E-state index in [-0.39, 0.29) is 0 Å². The van der Waals surface area contributed by atoms with E-state index >= 15 is 0 Å². The summed E-state index contributed by atoms with van der Waals surface area (Å²) >= 11 is 1.57. The lowest BCUT2D eigenvalue weighted by atomic mass is 9.95. The lowest BCUT2D eigenvalue weighted by Gasteiger charge is -2.17. The molecule has 0 radical (unpaired) electrons. The summed E-state index contributed by atoms with van der Waals surface area (Å²) in [4.78, 5) is 9.04. The van der Waals surface area contributed by atoms with Gasteiger partial charge in [-0.05, 0) is 37.6 Å². The lowest BCUT2D eigenvalue weighted by Crippen LogP contribution is -2.13. The van der Waals surface area contributed by atoms with Crippen molar-refractivity contribution in [1.29, 1.82) is 0 Å². The number of aryl methyl sites for hydroxylation is 3. The maximum atomic E-state index is 5.59. The number of nitrogens with two attached hydrogens (primary N) is 1. The van der Waals surface area contributed by atoms with Gasteiger partial charge in [-0.3, -0.25) is 4.68 Å². The van der Waals surface area contributed by atoms with Crippen LogP contribution in [0.25, 0.3) is 11.4 Å². The quantitative estimate of drug-likeness (QED) is 0.676. The van der Waals surface area contributed by atoms with Crippen LogP contribution in [0.5, 0.6) is 0 Å². The van der Waals surface area contributed by atoms with Gasteiger partial charge in [0.25, 0.3) is 0 Å². The second-order valence-corrected chi connectivity index (χ2v) is 5.39. The predicted octanol–water partition coefficient (Wildman–Crippen LogP) is 1.51. The van der Waals surface area contributed by atoms with Gasteiger partial charge >= 0.3 is 0 Å². The first-order valence-electron chi connectivity index (χ1n) is 6.48. The van der Waals surface area contributed by atoms with Crippen LogP contribution in [0.1, 0.15) is 17.5 Å². The molecule has 0 bridgehead atoms. The van der Waals surface area contributed by atoms with Gasteiger partial charge in [0.1, 0.15) is 0 Å². The van der Waals surface area contributed by atoms with E-state index in [1.807, 2.05) is 23.3 Å². The Hall–Kier alpha value is -1.40. The first-order valence-corrected chi connectivity index (χ1v) is 7.71. The third-order valence-electron chi connectivity index (χ3n) is 3.40. The van der Waals surface area contributed by atoms with E-state index in [9.17, 15) is 0 Å². The largest absolute Gasteiger partial charge is 0.330 e. The summed E-state index contributed by atoms with van der Waals surface area (Å²) in [6, 6.07) is 0. The Morgan fingerprint density at radius 1 is 1.32 bits per heavy atom. The van der Waals surface area contributed by atoms with Crippen LogP contribution < -0.4 is 5.73 Å². The van der Waals surface area contributed by atoms with Crippen molar-refractivity contribution in [3.05, 3.63) is 23.5 Å². The number of rotatable bonds is 4. The first-order chi connectivity index (χ1) is 9.33. The zero-order valence-electron chi connectivity index (χ0n) is 11.0. The molecule has 2 aromatic rings. The highest BCUT2D eigenvalue weighted by Crippen LogP contribution is 2.32. The molecular formula is C13H17N5S. The average Bonchev–Trinajstić information content (AvgIpc) is 2.88. The van der Waals surface area contributed by atoms with Crippen molar-refractivity contribution >= 4 is 11.8 Å². The molecule has 1 aliphatic rings. The van der Waals surface area contributed by atoms with Crippen molar-refractivity contribution in [3.63, 3.8) is 0 Å². The van der Waals surface area contributed by atoms with Gasteiger partial charge in [-0.25, -0.2) is 9.97 Å². The molecule has 0 amide bonds. The summed E-state index contributed by atoms with van der Waals surface area (Å²) in [7, 11) is 0. The van der Waals surface area contributed by atoms with E-state index in [0.29, 0.717) is 6.54 Å². The summed E-state index contributed by atoms with van der Waals surface area (Å²) < 4.78 is 2.04. The number of hydrogen-bond donors (Lipinski definition) is 1. The zero-order chi connectivity index (χ0) is 13.2. The molecule has 0 aliphatic heterocycles. The van der Waals surface area contributed by atoms with Crippen LogP contribution in [0.3, 0.4) is 0 Å². The monoisotopic (exact) mass is 275 g/mol. The van der Waals surface area contributed by atoms with Crippen LogP contribution in [0, 0.1) is 0 Å². The Balaban J connectivity index is 2.07. The molecule has 2 N–H and O–H groups in total. The zero-order valence-corrected chi connectivity index (χ0v) is 11.8. The Morgan fingerprint density at radius 2 is 2.16 bits per heavy atom. The van der Waals surface area contributed by atoms with Crippen molar-refractivity contribution in [1.82, 2.24) is 19.7 Å². The molecule has 0 spiro atoms. The smallest absolute Gasteiger partial charge is 0.187 e. The molecule has 0 unspecified atom stereocenters. The van der Waals surface area contributed by atoms with Gasteiger partial charge in [0, 0.05) is 18.3 Å². The van der Waals surface area contributed by atoms with E-state index in [2.05, 4.69) is 15.1 Å². The second kappa shape index (κ2) is 5.30. The van der Waals surface area contributed by atoms with E-state index in [1.165, 1.54) is 11.1 Å². The first kappa shape index (κ1) is 12.6. The molecule has 1 aliphatic carbocycles. The molecule has 5 nitrogen and oxygen atoms in total. The molecule has 2 heterocycles. The standard InChI is InChI=1S/C13H17N5S/c1-19-13-15-7-9-3-4-10-8-16-18(6-2-5-14)12(10)11(9)17-13/h7-8H,2-6,14H2,1H3. The molecule has 0 fully saturated rings. The molecule has 3 rings (SSSR count). The highest BCUT2D eigenvalue weighted by atomic mass is 32.2. The van der Waals surface area contributed by atoms with Gasteiger partial charge in [0.05, 0.1) is 17.6 Å². The third kappa shape index (κ3) is 2.26. The predicted molar refractivity (Wildman–Crippen MR) is 76.1 cm³/mol. The highest BCUT2D eigenvalue weighted by molar-refractivity contribution is 7.98. The van der Waals surface area contributed by atoms with Crippen LogP contribution in [-0.2, 0) is 19.4 Å². The van der Waals surface area contributed by atoms with Crippen molar-refractivity contribution < 1.29 is 0 Å². The number of nitrogens with zero attached hydrogens (tertiary/aromatic N) is 4. The fourth-order valence-corrected chi connectivity index (χ4v) is 2.78. The van der Waals surface area contributed by atoms with E-state index in [0.717, 1.165) is 42.4 Å². The van der Waals surface area contributed by atoms with Crippen molar-refractivity contribution in [2.45, 2.75) is 31.0 Å². The van der Waals surface area contributed by atoms with Crippen LogP contribution in [0.15, 0.2) is 17.6 Å². The summed E-state index contributed by atoms with van der Waals surface area (Å²) in [6.45, 7) is 1.53. The number of thioether (sulfide) groups is 1. The Labute approximate surface area is 116 Å². The van der Waals surface area contributed by atoms with Gasteiger partial charge in [-0.15, -0.1) is 0 Å². The van der Waals surface area contributed by atoms with Crippen LogP contribution >= 0.6 is 11.8 Å². The Bertz CT molecular complexity index is 593. The average molecular weight is 275 g/mol. The maximum absolute atomic E-state index is 5.59. The second-order valence-electron chi connectivity index (χ2n) is 4.61. The van der Waals surface area contributed by atoms with Gasteiger partial charge in [0.2, 0.25) is 0 Å². The van der Waals surface area contributed by atoms with Gasteiger partial charge in [-0.1, -0.05) is 11.8 Å². The third-order valence-corrected chi connectivity index (χ3v) is 3.96. The van der Waals surface area contributed by atoms with Gasteiger partial charge in [0.15, 0.2) is 5.16 Å². The summed E-state index contributed by atoms with van der Waals surface area (Å²) in [5, 5.41) is 5.30. The fourth-order valence-electron chi connectivity index (χ4n) is 2.44. The normalized spacial score (nSPS) is 13.2. The number of hydrogen-bond acceptors (Lipinski definition) is 5. The lowest BCUT2D eigenvalue weighted by molar-refractivity contribution is 0.587. The maximum Gasteiger partial charge on any atom is 0.187 e. The minimum atomic E-state index is 0.682. The molecule has 6 heteroatoms. The van der Waals surface area contributed by atoms with E-state index in [1.54, 1.807) is 11.8 Å². The van der Waals surface area contributed by atoms with Crippen molar-refractivity contribution in [3.8, 4) is 11.4 Å². The van der Waals surface area contributed by atoms with Crippen molar-refractivity contribution in [2.75, 3.05) is 12.8 Å². The Kier molecular flexibility index (Phi) is 3.52. The van der Waals surface area contributed by atoms with Gasteiger partial charge < -0.3 is 5.73 Å². The Morgan fingerprint density at radius 3 is 2.95 bits per heavy atom.